The van der Waals surface area contributed by atoms with Crippen LogP contribution in [-0.4, -0.2) is 42.9 Å². The monoisotopic (exact) mass is 410 g/mol. The normalized spacial score (nSPS) is 17.0. The van der Waals surface area contributed by atoms with Crippen molar-refractivity contribution in [3.63, 3.8) is 0 Å². The summed E-state index contributed by atoms with van der Waals surface area (Å²) in [6, 6.07) is 15.8. The summed E-state index contributed by atoms with van der Waals surface area (Å²) in [4.78, 5) is 39.2. The number of amides is 2. The number of hydrogen-bond acceptors (Lipinski definition) is 5. The van der Waals surface area contributed by atoms with Gasteiger partial charge >= 0.3 is 5.97 Å². The molecule has 3 rings (SSSR count). The minimum absolute atomic E-state index is 0.0668. The van der Waals surface area contributed by atoms with Crippen molar-refractivity contribution in [2.75, 3.05) is 25.5 Å². The number of rotatable bonds is 6. The van der Waals surface area contributed by atoms with E-state index in [1.54, 1.807) is 60.5 Å². The van der Waals surface area contributed by atoms with E-state index in [4.69, 9.17) is 9.47 Å². The minimum atomic E-state index is -1.10. The lowest BCUT2D eigenvalue weighted by molar-refractivity contribution is -0.161. The number of piperidine rings is 1. The van der Waals surface area contributed by atoms with E-state index in [0.717, 1.165) is 6.42 Å². The number of likely N-dealkylation sites (tertiary alicyclic amines) is 1. The lowest BCUT2D eigenvalue weighted by Gasteiger charge is -2.31. The van der Waals surface area contributed by atoms with Gasteiger partial charge in [-0.1, -0.05) is 36.4 Å². The highest BCUT2D eigenvalue weighted by atomic mass is 16.5. The van der Waals surface area contributed by atoms with Crippen LogP contribution in [-0.2, 0) is 19.1 Å². The standard InChI is InChI=1S/C23H26N2O5/c1-16(26)25-13-7-10-18(15-25)23(28)30-21(17-8-4-3-5-9-17)22(27)24-19-11-6-12-20(14-19)29-2/h3-6,8-9,11-12,14,18,21H,7,10,13,15H2,1-2H3,(H,24,27)/t18-,21+/m1/s1. The fraction of sp³-hybridized carbons (Fsp3) is 0.348. The minimum Gasteiger partial charge on any atom is -0.497 e. The molecular weight excluding hydrogens is 384 g/mol. The van der Waals surface area contributed by atoms with Gasteiger partial charge in [0.05, 0.1) is 13.0 Å². The molecule has 0 unspecified atom stereocenters. The van der Waals surface area contributed by atoms with Gasteiger partial charge in [0.25, 0.3) is 5.91 Å². The van der Waals surface area contributed by atoms with Gasteiger partial charge < -0.3 is 19.7 Å². The molecule has 2 aromatic rings. The van der Waals surface area contributed by atoms with Gasteiger partial charge in [0.15, 0.2) is 0 Å². The fourth-order valence-corrected chi connectivity index (χ4v) is 3.48. The Morgan fingerprint density at radius 3 is 2.57 bits per heavy atom. The second-order valence-corrected chi connectivity index (χ2v) is 7.25. The molecule has 7 heteroatoms. The summed E-state index contributed by atoms with van der Waals surface area (Å²) in [5.74, 6) is -0.841. The summed E-state index contributed by atoms with van der Waals surface area (Å²) in [6.45, 7) is 2.44. The number of nitrogens with one attached hydrogen (secondary N) is 1. The van der Waals surface area contributed by atoms with Gasteiger partial charge in [-0.3, -0.25) is 14.4 Å². The predicted molar refractivity (Wildman–Crippen MR) is 112 cm³/mol. The van der Waals surface area contributed by atoms with Crippen LogP contribution in [0.1, 0.15) is 31.4 Å². The molecule has 7 nitrogen and oxygen atoms in total. The van der Waals surface area contributed by atoms with Gasteiger partial charge in [0.1, 0.15) is 5.75 Å². The summed E-state index contributed by atoms with van der Waals surface area (Å²) >= 11 is 0. The summed E-state index contributed by atoms with van der Waals surface area (Å²) in [7, 11) is 1.55. The Balaban J connectivity index is 1.76. The molecule has 0 saturated carbocycles. The highest BCUT2D eigenvalue weighted by Gasteiger charge is 2.32. The van der Waals surface area contributed by atoms with E-state index in [9.17, 15) is 14.4 Å². The van der Waals surface area contributed by atoms with Gasteiger partial charge in [0, 0.05) is 37.3 Å². The maximum absolute atomic E-state index is 13.0. The van der Waals surface area contributed by atoms with Crippen LogP contribution in [0.15, 0.2) is 54.6 Å². The fourth-order valence-electron chi connectivity index (χ4n) is 3.48. The SMILES string of the molecule is COc1cccc(NC(=O)[C@@H](OC(=O)[C@@H]2CCCN(C(C)=O)C2)c2ccccc2)c1. The number of nitrogens with zero attached hydrogens (tertiary/aromatic N) is 1. The first-order valence-electron chi connectivity index (χ1n) is 9.94. The maximum Gasteiger partial charge on any atom is 0.311 e. The number of esters is 1. The number of carbonyl (C=O) groups excluding carboxylic acids is 3. The maximum atomic E-state index is 13.0. The predicted octanol–water partition coefficient (Wildman–Crippen LogP) is 3.18. The molecule has 0 radical (unpaired) electrons. The zero-order chi connectivity index (χ0) is 21.5. The first-order chi connectivity index (χ1) is 14.5. The highest BCUT2D eigenvalue weighted by Crippen LogP contribution is 2.25. The van der Waals surface area contributed by atoms with Crippen molar-refractivity contribution in [2.45, 2.75) is 25.9 Å². The smallest absolute Gasteiger partial charge is 0.311 e. The molecule has 1 fully saturated rings. The molecule has 1 aliphatic heterocycles. The zero-order valence-corrected chi connectivity index (χ0v) is 17.2. The van der Waals surface area contributed by atoms with E-state index in [1.807, 2.05) is 6.07 Å². The van der Waals surface area contributed by atoms with E-state index in [0.29, 0.717) is 36.5 Å². The quantitative estimate of drug-likeness (QED) is 0.740. The number of carbonyl (C=O) groups is 3. The van der Waals surface area contributed by atoms with Crippen molar-refractivity contribution < 1.29 is 23.9 Å². The average Bonchev–Trinajstić information content (AvgIpc) is 2.78. The van der Waals surface area contributed by atoms with Crippen LogP contribution in [0.2, 0.25) is 0 Å². The third-order valence-electron chi connectivity index (χ3n) is 5.11. The van der Waals surface area contributed by atoms with Crippen LogP contribution in [0.5, 0.6) is 5.75 Å². The van der Waals surface area contributed by atoms with Crippen LogP contribution in [0, 0.1) is 5.92 Å². The van der Waals surface area contributed by atoms with Gasteiger partial charge in [-0.2, -0.15) is 0 Å². The molecule has 1 heterocycles. The Hall–Kier alpha value is -3.35. The molecular formula is C23H26N2O5. The topological polar surface area (TPSA) is 84.9 Å². The van der Waals surface area contributed by atoms with Crippen molar-refractivity contribution in [2.24, 2.45) is 5.92 Å². The second-order valence-electron chi connectivity index (χ2n) is 7.25. The van der Waals surface area contributed by atoms with Crippen molar-refractivity contribution in [3.05, 3.63) is 60.2 Å². The lowest BCUT2D eigenvalue weighted by atomic mass is 9.98. The van der Waals surface area contributed by atoms with E-state index in [2.05, 4.69) is 5.32 Å². The van der Waals surface area contributed by atoms with Crippen LogP contribution in [0.25, 0.3) is 0 Å². The van der Waals surface area contributed by atoms with Crippen LogP contribution >= 0.6 is 0 Å². The molecule has 0 aliphatic carbocycles. The molecule has 0 spiro atoms. The third kappa shape index (κ3) is 5.37. The molecule has 30 heavy (non-hydrogen) atoms. The van der Waals surface area contributed by atoms with Gasteiger partial charge in [-0.05, 0) is 25.0 Å². The Morgan fingerprint density at radius 1 is 1.10 bits per heavy atom. The number of methoxy groups -OCH3 is 1. The van der Waals surface area contributed by atoms with Crippen molar-refractivity contribution in [3.8, 4) is 5.75 Å². The van der Waals surface area contributed by atoms with Crippen LogP contribution in [0.4, 0.5) is 5.69 Å². The Morgan fingerprint density at radius 2 is 1.87 bits per heavy atom. The Kier molecular flexibility index (Phi) is 7.06. The van der Waals surface area contributed by atoms with E-state index >= 15 is 0 Å². The summed E-state index contributed by atoms with van der Waals surface area (Å²) in [6.07, 6.45) is 0.255. The molecule has 2 atom stereocenters. The van der Waals surface area contributed by atoms with E-state index in [1.165, 1.54) is 6.92 Å². The largest absolute Gasteiger partial charge is 0.497 e. The number of hydrogen-bond donors (Lipinski definition) is 1. The van der Waals surface area contributed by atoms with Crippen molar-refractivity contribution in [1.82, 2.24) is 4.90 Å². The molecule has 1 saturated heterocycles. The molecule has 2 amide bonds. The van der Waals surface area contributed by atoms with Crippen LogP contribution < -0.4 is 10.1 Å². The Bertz CT molecular complexity index is 899. The number of anilines is 1. The lowest BCUT2D eigenvalue weighted by Crippen LogP contribution is -2.42. The summed E-state index contributed by atoms with van der Waals surface area (Å²) < 4.78 is 10.9. The van der Waals surface area contributed by atoms with Crippen LogP contribution in [0.3, 0.4) is 0 Å². The molecule has 0 bridgehead atoms. The highest BCUT2D eigenvalue weighted by molar-refractivity contribution is 5.96. The molecule has 1 N–H and O–H groups in total. The zero-order valence-electron chi connectivity index (χ0n) is 17.2. The van der Waals surface area contributed by atoms with Gasteiger partial charge in [-0.25, -0.2) is 0 Å². The number of ether oxygens (including phenoxy) is 2. The summed E-state index contributed by atoms with van der Waals surface area (Å²) in [5.41, 5.74) is 1.11. The van der Waals surface area contributed by atoms with E-state index < -0.39 is 23.9 Å². The molecule has 2 aromatic carbocycles. The van der Waals surface area contributed by atoms with Crippen molar-refractivity contribution in [1.29, 1.82) is 0 Å². The Labute approximate surface area is 176 Å². The number of benzene rings is 2. The van der Waals surface area contributed by atoms with E-state index in [-0.39, 0.29) is 5.91 Å². The average molecular weight is 410 g/mol. The molecule has 158 valence electrons. The van der Waals surface area contributed by atoms with Gasteiger partial charge in [0.2, 0.25) is 12.0 Å². The second kappa shape index (κ2) is 9.91. The third-order valence-corrected chi connectivity index (χ3v) is 5.11. The van der Waals surface area contributed by atoms with Crippen molar-refractivity contribution >= 4 is 23.5 Å². The first kappa shape index (κ1) is 21.4. The molecule has 1 aliphatic rings. The van der Waals surface area contributed by atoms with Gasteiger partial charge in [-0.15, -0.1) is 0 Å². The molecule has 0 aromatic heterocycles. The first-order valence-corrected chi connectivity index (χ1v) is 9.94. The summed E-state index contributed by atoms with van der Waals surface area (Å²) in [5, 5.41) is 2.79.